The predicted octanol–water partition coefficient (Wildman–Crippen LogP) is 2.35. The van der Waals surface area contributed by atoms with Crippen molar-refractivity contribution < 1.29 is 37.0 Å². The van der Waals surface area contributed by atoms with Crippen molar-refractivity contribution in [1.29, 1.82) is 0 Å². The minimum Gasteiger partial charge on any atom is -0.481 e. The number of hydrogen-bond acceptors (Lipinski definition) is 8. The molecule has 12 heteroatoms. The number of rotatable bonds is 8. The van der Waals surface area contributed by atoms with Gasteiger partial charge >= 0.3 is 5.97 Å². The van der Waals surface area contributed by atoms with Crippen molar-refractivity contribution in [3.63, 3.8) is 0 Å². The van der Waals surface area contributed by atoms with Crippen LogP contribution in [-0.4, -0.2) is 65.7 Å². The monoisotopic (exact) mass is 481 g/mol. The Bertz CT molecular complexity index is 1150. The number of carbonyl (C=O) groups excluding carboxylic acids is 1. The lowest BCUT2D eigenvalue weighted by molar-refractivity contribution is -0.141. The highest BCUT2D eigenvalue weighted by Crippen LogP contribution is 2.31. The second kappa shape index (κ2) is 10.1. The molecule has 178 valence electrons. The molecule has 1 aromatic carbocycles. The molecule has 0 unspecified atom stereocenters. The lowest BCUT2D eigenvalue weighted by Crippen LogP contribution is -2.42. The molecule has 0 bridgehead atoms. The number of likely N-dealkylation sites (tertiary alicyclic amines) is 1. The topological polar surface area (TPSA) is 136 Å². The predicted molar refractivity (Wildman–Crippen MR) is 113 cm³/mol. The lowest BCUT2D eigenvalue weighted by atomic mass is 10.1. The summed E-state index contributed by atoms with van der Waals surface area (Å²) in [6, 6.07) is 3.34. The molecule has 1 aliphatic rings. The number of piperidine rings is 1. The Morgan fingerprint density at radius 2 is 1.85 bits per heavy atom. The van der Waals surface area contributed by atoms with E-state index in [4.69, 9.17) is 14.6 Å². The molecular formula is C21H24FN3O7S. The van der Waals surface area contributed by atoms with Gasteiger partial charge in [0, 0.05) is 38.6 Å². The molecule has 33 heavy (non-hydrogen) atoms. The van der Waals surface area contributed by atoms with E-state index in [0.29, 0.717) is 31.5 Å². The number of hydrogen-bond donors (Lipinski definition) is 1. The number of carboxylic acids is 1. The molecule has 10 nitrogen and oxygen atoms in total. The van der Waals surface area contributed by atoms with Crippen molar-refractivity contribution in [2.45, 2.75) is 43.6 Å². The number of nitrogens with zero attached hydrogens (tertiary/aromatic N) is 3. The average Bonchev–Trinajstić information content (AvgIpc) is 2.76. The first kappa shape index (κ1) is 24.4. The second-order valence-corrected chi connectivity index (χ2v) is 9.68. The molecule has 1 amide bonds. The molecule has 1 fully saturated rings. The van der Waals surface area contributed by atoms with Gasteiger partial charge in [-0.1, -0.05) is 0 Å². The maximum Gasteiger partial charge on any atom is 0.303 e. The third-order valence-corrected chi connectivity index (χ3v) is 6.27. The summed E-state index contributed by atoms with van der Waals surface area (Å²) in [4.78, 5) is 32.3. The Hall–Kier alpha value is -3.28. The van der Waals surface area contributed by atoms with Gasteiger partial charge in [0.1, 0.15) is 12.4 Å². The first-order valence-electron chi connectivity index (χ1n) is 10.2. The van der Waals surface area contributed by atoms with E-state index in [2.05, 4.69) is 9.97 Å². The number of carbonyl (C=O) groups is 2. The van der Waals surface area contributed by atoms with Crippen LogP contribution < -0.4 is 9.47 Å². The molecule has 0 spiro atoms. The molecule has 2 heterocycles. The average molecular weight is 482 g/mol. The summed E-state index contributed by atoms with van der Waals surface area (Å²) in [7, 11) is -3.55. The van der Waals surface area contributed by atoms with Gasteiger partial charge in [0.25, 0.3) is 0 Å². The van der Waals surface area contributed by atoms with Gasteiger partial charge in [-0.3, -0.25) is 9.59 Å². The van der Waals surface area contributed by atoms with E-state index in [1.165, 1.54) is 18.5 Å². The van der Waals surface area contributed by atoms with Crippen LogP contribution in [0.2, 0.25) is 0 Å². The van der Waals surface area contributed by atoms with E-state index in [0.717, 1.165) is 12.3 Å². The Kier molecular flexibility index (Phi) is 7.46. The molecule has 0 aliphatic carbocycles. The third-order valence-electron chi connectivity index (χ3n) is 5.16. The van der Waals surface area contributed by atoms with Crippen LogP contribution in [0.3, 0.4) is 0 Å². The van der Waals surface area contributed by atoms with E-state index in [-0.39, 0.29) is 47.3 Å². The van der Waals surface area contributed by atoms with Gasteiger partial charge in [-0.25, -0.2) is 22.8 Å². The van der Waals surface area contributed by atoms with Gasteiger partial charge in [-0.15, -0.1) is 0 Å². The first-order chi connectivity index (χ1) is 15.5. The zero-order valence-corrected chi connectivity index (χ0v) is 19.0. The molecule has 0 atom stereocenters. The molecule has 1 saturated heterocycles. The van der Waals surface area contributed by atoms with Crippen LogP contribution in [0.1, 0.15) is 31.2 Å². The first-order valence-corrected chi connectivity index (χ1v) is 12.1. The fourth-order valence-electron chi connectivity index (χ4n) is 3.29. The fourth-order valence-corrected chi connectivity index (χ4v) is 3.93. The molecule has 1 aliphatic heterocycles. The smallest absolute Gasteiger partial charge is 0.303 e. The largest absolute Gasteiger partial charge is 0.481 e. The highest BCUT2D eigenvalue weighted by atomic mass is 32.2. The van der Waals surface area contributed by atoms with Crippen LogP contribution in [0.25, 0.3) is 0 Å². The second-order valence-electron chi connectivity index (χ2n) is 7.67. The van der Waals surface area contributed by atoms with Crippen molar-refractivity contribution in [1.82, 2.24) is 14.9 Å². The summed E-state index contributed by atoms with van der Waals surface area (Å²) in [6.45, 7) is 2.53. The molecule has 0 radical (unpaired) electrons. The Labute approximate surface area is 190 Å². The number of aromatic nitrogens is 2. The zero-order valence-electron chi connectivity index (χ0n) is 18.2. The molecule has 0 saturated carbocycles. The third kappa shape index (κ3) is 6.37. The van der Waals surface area contributed by atoms with Gasteiger partial charge in [0.15, 0.2) is 21.4 Å². The summed E-state index contributed by atoms with van der Waals surface area (Å²) in [5, 5.41) is 8.71. The minimum atomic E-state index is -3.55. The molecular weight excluding hydrogens is 457 g/mol. The van der Waals surface area contributed by atoms with Crippen molar-refractivity contribution in [2.75, 3.05) is 19.3 Å². The van der Waals surface area contributed by atoms with Crippen molar-refractivity contribution in [3.05, 3.63) is 35.9 Å². The van der Waals surface area contributed by atoms with Gasteiger partial charge in [-0.05, 0) is 25.1 Å². The lowest BCUT2D eigenvalue weighted by Gasteiger charge is -2.32. The van der Waals surface area contributed by atoms with Crippen LogP contribution in [-0.2, 0) is 19.4 Å². The van der Waals surface area contributed by atoms with Crippen LogP contribution >= 0.6 is 0 Å². The number of benzene rings is 1. The van der Waals surface area contributed by atoms with Gasteiger partial charge in [-0.2, -0.15) is 0 Å². The van der Waals surface area contributed by atoms with Crippen molar-refractivity contribution in [3.8, 4) is 17.5 Å². The molecule has 2 aromatic rings. The molecule has 1 N–H and O–H groups in total. The maximum absolute atomic E-state index is 14.3. The highest BCUT2D eigenvalue weighted by Gasteiger charge is 2.25. The van der Waals surface area contributed by atoms with Crippen molar-refractivity contribution in [2.24, 2.45) is 0 Å². The van der Waals surface area contributed by atoms with E-state index in [1.807, 2.05) is 0 Å². The Morgan fingerprint density at radius 3 is 2.45 bits per heavy atom. The van der Waals surface area contributed by atoms with Crippen LogP contribution in [0.5, 0.6) is 17.5 Å². The molecule has 3 rings (SSSR count). The van der Waals surface area contributed by atoms with Gasteiger partial charge in [0.05, 0.1) is 16.9 Å². The quantitative estimate of drug-likeness (QED) is 0.602. The number of aliphatic carboxylic acids is 1. The number of amides is 1. The minimum absolute atomic E-state index is 0.0334. The van der Waals surface area contributed by atoms with Crippen LogP contribution in [0.15, 0.2) is 29.4 Å². The summed E-state index contributed by atoms with van der Waals surface area (Å²) in [5.41, 5.74) is 0.434. The SMILES string of the molecule is Cc1c(Oc2ccc(S(C)(=O)=O)cc2F)ncnc1OC1CCN(C(=O)CCC(=O)O)CC1. The summed E-state index contributed by atoms with van der Waals surface area (Å²) < 4.78 is 49.0. The number of halogens is 1. The van der Waals surface area contributed by atoms with Crippen LogP contribution in [0.4, 0.5) is 4.39 Å². The van der Waals surface area contributed by atoms with E-state index >= 15 is 0 Å². The summed E-state index contributed by atoms with van der Waals surface area (Å²) >= 11 is 0. The normalized spacial score (nSPS) is 14.7. The molecule has 1 aromatic heterocycles. The van der Waals surface area contributed by atoms with E-state index in [1.54, 1.807) is 11.8 Å². The van der Waals surface area contributed by atoms with E-state index in [9.17, 15) is 22.4 Å². The summed E-state index contributed by atoms with van der Waals surface area (Å²) in [6.07, 6.45) is 2.83. The maximum atomic E-state index is 14.3. The van der Waals surface area contributed by atoms with E-state index < -0.39 is 21.6 Å². The summed E-state index contributed by atoms with van der Waals surface area (Å²) in [5.74, 6) is -1.93. The van der Waals surface area contributed by atoms with Gasteiger partial charge < -0.3 is 19.5 Å². The van der Waals surface area contributed by atoms with Crippen molar-refractivity contribution >= 4 is 21.7 Å². The Balaban J connectivity index is 1.63. The Morgan fingerprint density at radius 1 is 1.18 bits per heavy atom. The standard InChI is InChI=1S/C21H24FN3O7S/c1-13-20(31-14-7-9-25(10-8-14)18(26)5-6-19(27)28)23-12-24-21(13)32-17-4-3-15(11-16(17)22)33(2,29)30/h3-4,11-12,14H,5-10H2,1-2H3,(H,27,28). The number of sulfone groups is 1. The zero-order chi connectivity index (χ0) is 24.2. The fraction of sp³-hybridized carbons (Fsp3) is 0.429. The highest BCUT2D eigenvalue weighted by molar-refractivity contribution is 7.90. The number of ether oxygens (including phenoxy) is 2. The van der Waals surface area contributed by atoms with Gasteiger partial charge in [0.2, 0.25) is 17.7 Å². The van der Waals surface area contributed by atoms with Crippen LogP contribution in [0, 0.1) is 12.7 Å². The number of carboxylic acid groups (broad SMARTS) is 1.